The summed E-state index contributed by atoms with van der Waals surface area (Å²) in [6.45, 7) is 0.290. The zero-order valence-electron chi connectivity index (χ0n) is 16.5. The van der Waals surface area contributed by atoms with Gasteiger partial charge < -0.3 is 19.2 Å². The lowest BCUT2D eigenvalue weighted by Gasteiger charge is -2.11. The molecule has 158 valence electrons. The number of nitrogens with one attached hydrogen (secondary N) is 2. The molecule has 0 unspecified atom stereocenters. The van der Waals surface area contributed by atoms with Crippen LogP contribution in [0.3, 0.4) is 0 Å². The van der Waals surface area contributed by atoms with Crippen molar-refractivity contribution in [3.8, 4) is 11.5 Å². The smallest absolute Gasteiger partial charge is 0.251 e. The van der Waals surface area contributed by atoms with Crippen molar-refractivity contribution in [2.75, 3.05) is 14.2 Å². The normalized spacial score (nSPS) is 11.1. The predicted molar refractivity (Wildman–Crippen MR) is 110 cm³/mol. The minimum atomic E-state index is -3.72. The van der Waals surface area contributed by atoms with Crippen molar-refractivity contribution >= 4 is 15.9 Å². The van der Waals surface area contributed by atoms with E-state index in [2.05, 4.69) is 10.0 Å². The lowest BCUT2D eigenvalue weighted by atomic mass is 10.1. The van der Waals surface area contributed by atoms with Crippen LogP contribution >= 0.6 is 0 Å². The summed E-state index contributed by atoms with van der Waals surface area (Å²) >= 11 is 0. The van der Waals surface area contributed by atoms with Gasteiger partial charge in [-0.2, -0.15) is 0 Å². The number of methoxy groups -OCH3 is 2. The van der Waals surface area contributed by atoms with Crippen LogP contribution in [0.25, 0.3) is 0 Å². The first kappa shape index (κ1) is 21.4. The molecule has 0 bridgehead atoms. The molecular weight excluding hydrogens is 408 g/mol. The van der Waals surface area contributed by atoms with Crippen LogP contribution in [-0.4, -0.2) is 28.5 Å². The lowest BCUT2D eigenvalue weighted by molar-refractivity contribution is 0.0950. The summed E-state index contributed by atoms with van der Waals surface area (Å²) in [6.07, 6.45) is 1.47. The second-order valence-electron chi connectivity index (χ2n) is 6.29. The molecule has 0 saturated carbocycles. The molecule has 0 radical (unpaired) electrons. The molecule has 2 aromatic carbocycles. The van der Waals surface area contributed by atoms with Gasteiger partial charge in [0.05, 0.1) is 31.9 Å². The van der Waals surface area contributed by atoms with Gasteiger partial charge in [-0.3, -0.25) is 4.79 Å². The third-order valence-electron chi connectivity index (χ3n) is 4.38. The van der Waals surface area contributed by atoms with Crippen molar-refractivity contribution < 1.29 is 27.1 Å². The standard InChI is InChI=1S/C21H22N2O6S/c1-27-17-8-5-16(20(12-17)28-2)13-22-21(24)15-6-9-19(10-7-15)30(25,26)23-14-18-4-3-11-29-18/h3-12,23H,13-14H2,1-2H3,(H,22,24). The molecule has 0 fully saturated rings. The maximum atomic E-state index is 12.4. The maximum absolute atomic E-state index is 12.4. The maximum Gasteiger partial charge on any atom is 0.251 e. The van der Waals surface area contributed by atoms with Crippen LogP contribution in [0.4, 0.5) is 0 Å². The van der Waals surface area contributed by atoms with E-state index in [0.717, 1.165) is 5.56 Å². The average molecular weight is 430 g/mol. The Labute approximate surface area is 174 Å². The Balaban J connectivity index is 1.62. The molecule has 3 rings (SSSR count). The third-order valence-corrected chi connectivity index (χ3v) is 5.79. The summed E-state index contributed by atoms with van der Waals surface area (Å²) < 4.78 is 42.8. The van der Waals surface area contributed by atoms with Crippen LogP contribution in [0.2, 0.25) is 0 Å². The van der Waals surface area contributed by atoms with Crippen molar-refractivity contribution in [2.45, 2.75) is 18.0 Å². The number of furan rings is 1. The first-order valence-electron chi connectivity index (χ1n) is 9.04. The second-order valence-corrected chi connectivity index (χ2v) is 8.06. The van der Waals surface area contributed by atoms with Gasteiger partial charge in [-0.05, 0) is 48.5 Å². The van der Waals surface area contributed by atoms with Crippen molar-refractivity contribution in [3.63, 3.8) is 0 Å². The van der Waals surface area contributed by atoms with Gasteiger partial charge in [0, 0.05) is 23.7 Å². The Kier molecular flexibility index (Phi) is 6.76. The Hall–Kier alpha value is -3.30. The summed E-state index contributed by atoms with van der Waals surface area (Å²) in [4.78, 5) is 12.5. The van der Waals surface area contributed by atoms with Crippen molar-refractivity contribution in [3.05, 3.63) is 77.7 Å². The fourth-order valence-corrected chi connectivity index (χ4v) is 3.72. The molecule has 0 spiro atoms. The zero-order chi connectivity index (χ0) is 21.6. The molecule has 0 aliphatic heterocycles. The molecule has 3 aromatic rings. The fourth-order valence-electron chi connectivity index (χ4n) is 2.72. The Morgan fingerprint density at radius 3 is 2.40 bits per heavy atom. The van der Waals surface area contributed by atoms with Gasteiger partial charge in [-0.1, -0.05) is 0 Å². The molecule has 8 nitrogen and oxygen atoms in total. The first-order valence-corrected chi connectivity index (χ1v) is 10.5. The molecule has 30 heavy (non-hydrogen) atoms. The minimum Gasteiger partial charge on any atom is -0.497 e. The highest BCUT2D eigenvalue weighted by Gasteiger charge is 2.16. The summed E-state index contributed by atoms with van der Waals surface area (Å²) in [5.74, 6) is 1.42. The number of ether oxygens (including phenoxy) is 2. The van der Waals surface area contributed by atoms with E-state index in [1.807, 2.05) is 0 Å². The van der Waals surface area contributed by atoms with Crippen LogP contribution < -0.4 is 19.5 Å². The molecular formula is C21H22N2O6S. The highest BCUT2D eigenvalue weighted by molar-refractivity contribution is 7.89. The van der Waals surface area contributed by atoms with E-state index in [1.165, 1.54) is 30.5 Å². The number of rotatable bonds is 9. The quantitative estimate of drug-likeness (QED) is 0.541. The summed E-state index contributed by atoms with van der Waals surface area (Å²) in [5, 5.41) is 2.79. The summed E-state index contributed by atoms with van der Waals surface area (Å²) in [6, 6.07) is 14.4. The Morgan fingerprint density at radius 1 is 1.00 bits per heavy atom. The number of carbonyl (C=O) groups is 1. The molecule has 0 atom stereocenters. The van der Waals surface area contributed by atoms with Crippen molar-refractivity contribution in [1.82, 2.24) is 10.0 Å². The van der Waals surface area contributed by atoms with E-state index >= 15 is 0 Å². The monoisotopic (exact) mass is 430 g/mol. The van der Waals surface area contributed by atoms with Crippen LogP contribution in [-0.2, 0) is 23.1 Å². The number of benzene rings is 2. The molecule has 2 N–H and O–H groups in total. The molecule has 9 heteroatoms. The van der Waals surface area contributed by atoms with E-state index in [9.17, 15) is 13.2 Å². The lowest BCUT2D eigenvalue weighted by Crippen LogP contribution is -2.24. The average Bonchev–Trinajstić information content (AvgIpc) is 3.30. The van der Waals surface area contributed by atoms with Crippen molar-refractivity contribution in [2.24, 2.45) is 0 Å². The third kappa shape index (κ3) is 5.19. The molecule has 1 aromatic heterocycles. The highest BCUT2D eigenvalue weighted by atomic mass is 32.2. The summed E-state index contributed by atoms with van der Waals surface area (Å²) in [5.41, 5.74) is 1.13. The topological polar surface area (TPSA) is 107 Å². The first-order chi connectivity index (χ1) is 14.4. The second kappa shape index (κ2) is 9.47. The van der Waals surface area contributed by atoms with Gasteiger partial charge in [0.25, 0.3) is 5.91 Å². The molecule has 0 aliphatic rings. The Morgan fingerprint density at radius 2 is 1.77 bits per heavy atom. The van der Waals surface area contributed by atoms with Gasteiger partial charge >= 0.3 is 0 Å². The van der Waals surface area contributed by atoms with E-state index < -0.39 is 10.0 Å². The largest absolute Gasteiger partial charge is 0.497 e. The van der Waals surface area contributed by atoms with E-state index in [4.69, 9.17) is 13.9 Å². The van der Waals surface area contributed by atoms with Gasteiger partial charge in [-0.15, -0.1) is 0 Å². The molecule has 1 heterocycles. The number of amides is 1. The van der Waals surface area contributed by atoms with Crippen LogP contribution in [0.1, 0.15) is 21.7 Å². The van der Waals surface area contributed by atoms with Crippen LogP contribution in [0, 0.1) is 0 Å². The van der Waals surface area contributed by atoms with E-state index in [0.29, 0.717) is 22.8 Å². The Bertz CT molecular complexity index is 1090. The summed E-state index contributed by atoms with van der Waals surface area (Å²) in [7, 11) is -0.617. The number of sulfonamides is 1. The predicted octanol–water partition coefficient (Wildman–Crippen LogP) is 2.71. The van der Waals surface area contributed by atoms with Crippen LogP contribution in [0.5, 0.6) is 11.5 Å². The SMILES string of the molecule is COc1ccc(CNC(=O)c2ccc(S(=O)(=O)NCc3ccco3)cc2)c(OC)c1. The minimum absolute atomic E-state index is 0.0429. The fraction of sp³-hybridized carbons (Fsp3) is 0.190. The van der Waals surface area contributed by atoms with Gasteiger partial charge in [-0.25, -0.2) is 13.1 Å². The molecule has 0 aliphatic carbocycles. The number of carbonyl (C=O) groups excluding carboxylic acids is 1. The van der Waals surface area contributed by atoms with Crippen molar-refractivity contribution in [1.29, 1.82) is 0 Å². The van der Waals surface area contributed by atoms with Crippen LogP contribution in [0.15, 0.2) is 70.2 Å². The van der Waals surface area contributed by atoms with E-state index in [1.54, 1.807) is 44.6 Å². The number of hydrogen-bond donors (Lipinski definition) is 2. The van der Waals surface area contributed by atoms with Gasteiger partial charge in [0.15, 0.2) is 0 Å². The number of hydrogen-bond acceptors (Lipinski definition) is 6. The molecule has 0 saturated heterocycles. The highest BCUT2D eigenvalue weighted by Crippen LogP contribution is 2.24. The van der Waals surface area contributed by atoms with Gasteiger partial charge in [0.2, 0.25) is 10.0 Å². The zero-order valence-corrected chi connectivity index (χ0v) is 17.4. The van der Waals surface area contributed by atoms with Gasteiger partial charge in [0.1, 0.15) is 17.3 Å². The molecule has 1 amide bonds. The van der Waals surface area contributed by atoms with E-state index in [-0.39, 0.29) is 23.9 Å².